The molecular formula is C21H45B3O15. The van der Waals surface area contributed by atoms with Crippen LogP contribution >= 0.6 is 0 Å². The van der Waals surface area contributed by atoms with Crippen molar-refractivity contribution in [2.24, 2.45) is 0 Å². The topological polar surface area (TPSA) is 138 Å². The van der Waals surface area contributed by atoms with Gasteiger partial charge in [-0.3, -0.25) is 0 Å². The molecule has 0 bridgehead atoms. The Morgan fingerprint density at radius 3 is 0.744 bits per heavy atom. The molecule has 1 aliphatic rings. The van der Waals surface area contributed by atoms with Crippen molar-refractivity contribution in [3.63, 3.8) is 0 Å². The molecule has 0 saturated carbocycles. The van der Waals surface area contributed by atoms with Crippen LogP contribution in [0.15, 0.2) is 0 Å². The maximum atomic E-state index is 5.59. The van der Waals surface area contributed by atoms with E-state index in [9.17, 15) is 0 Å². The van der Waals surface area contributed by atoms with Gasteiger partial charge in [0.15, 0.2) is 0 Å². The summed E-state index contributed by atoms with van der Waals surface area (Å²) < 4.78 is 80.5. The van der Waals surface area contributed by atoms with E-state index >= 15 is 0 Å². The summed E-state index contributed by atoms with van der Waals surface area (Å²) in [5.41, 5.74) is 0. The van der Waals surface area contributed by atoms with Crippen molar-refractivity contribution in [2.75, 3.05) is 140 Å². The molecule has 1 fully saturated rings. The van der Waals surface area contributed by atoms with Crippen LogP contribution in [0.4, 0.5) is 0 Å². The summed E-state index contributed by atoms with van der Waals surface area (Å²) in [6.45, 7) is 7.40. The lowest BCUT2D eigenvalue weighted by molar-refractivity contribution is -0.00164. The molecular weight excluding hydrogens is 525 g/mol. The molecule has 39 heavy (non-hydrogen) atoms. The van der Waals surface area contributed by atoms with E-state index in [0.717, 1.165) is 0 Å². The second-order valence-electron chi connectivity index (χ2n) is 7.54. The van der Waals surface area contributed by atoms with Crippen LogP contribution in [0.5, 0.6) is 0 Å². The number of methoxy groups -OCH3 is 3. The predicted molar refractivity (Wildman–Crippen MR) is 139 cm³/mol. The van der Waals surface area contributed by atoms with Crippen LogP contribution in [-0.2, 0) is 70.3 Å². The predicted octanol–water partition coefficient (Wildman–Crippen LogP) is -0.907. The quantitative estimate of drug-likeness (QED) is 0.0778. The highest BCUT2D eigenvalue weighted by atomic mass is 16.9. The standard InChI is InChI=1S/C21H45B3O15/c1-25-4-7-28-10-13-31-16-19-34-22-37-23(35-20-17-32-14-11-29-8-5-26-2)39-24(38-22)36-21-18-33-15-12-30-9-6-27-3/h4-21H2,1-3H3. The van der Waals surface area contributed by atoms with Gasteiger partial charge in [0.25, 0.3) is 0 Å². The van der Waals surface area contributed by atoms with Gasteiger partial charge in [-0.1, -0.05) is 0 Å². The molecule has 1 saturated heterocycles. The molecule has 0 aromatic heterocycles. The van der Waals surface area contributed by atoms with Crippen molar-refractivity contribution in [1.82, 2.24) is 0 Å². The zero-order valence-corrected chi connectivity index (χ0v) is 23.6. The molecule has 0 N–H and O–H groups in total. The molecule has 18 heteroatoms. The lowest BCUT2D eigenvalue weighted by Crippen LogP contribution is -2.53. The second kappa shape index (κ2) is 29.1. The first-order valence-corrected chi connectivity index (χ1v) is 13.0. The van der Waals surface area contributed by atoms with Crippen LogP contribution in [0.3, 0.4) is 0 Å². The van der Waals surface area contributed by atoms with Crippen LogP contribution in [0.1, 0.15) is 0 Å². The summed E-state index contributed by atoms with van der Waals surface area (Å²) in [4.78, 5) is 0. The van der Waals surface area contributed by atoms with Crippen molar-refractivity contribution < 1.29 is 70.3 Å². The number of hydrogen-bond acceptors (Lipinski definition) is 15. The van der Waals surface area contributed by atoms with Crippen LogP contribution in [0, 0.1) is 0 Å². The van der Waals surface area contributed by atoms with E-state index in [1.807, 2.05) is 0 Å². The van der Waals surface area contributed by atoms with Gasteiger partial charge in [-0.05, 0) is 0 Å². The van der Waals surface area contributed by atoms with Gasteiger partial charge in [-0.2, -0.15) is 0 Å². The number of rotatable bonds is 30. The van der Waals surface area contributed by atoms with E-state index in [1.165, 1.54) is 0 Å². The van der Waals surface area contributed by atoms with E-state index in [2.05, 4.69) is 0 Å². The van der Waals surface area contributed by atoms with E-state index in [4.69, 9.17) is 70.3 Å². The van der Waals surface area contributed by atoms with Gasteiger partial charge in [-0.15, -0.1) is 0 Å². The van der Waals surface area contributed by atoms with Crippen LogP contribution in [0.25, 0.3) is 0 Å². The van der Waals surface area contributed by atoms with Crippen molar-refractivity contribution in [2.45, 2.75) is 0 Å². The van der Waals surface area contributed by atoms with E-state index in [-0.39, 0.29) is 19.8 Å². The third-order valence-electron chi connectivity index (χ3n) is 4.52. The normalized spacial score (nSPS) is 14.1. The van der Waals surface area contributed by atoms with Gasteiger partial charge < -0.3 is 70.3 Å². The summed E-state index contributed by atoms with van der Waals surface area (Å²) in [6, 6.07) is 0. The summed E-state index contributed by atoms with van der Waals surface area (Å²) in [6.07, 6.45) is 0. The van der Waals surface area contributed by atoms with Crippen LogP contribution in [0.2, 0.25) is 0 Å². The van der Waals surface area contributed by atoms with Crippen LogP contribution in [-0.4, -0.2) is 162 Å². The minimum atomic E-state index is -1.08. The Balaban J connectivity index is 2.24. The lowest BCUT2D eigenvalue weighted by Gasteiger charge is -2.28. The molecule has 0 aromatic carbocycles. The molecule has 1 aliphatic heterocycles. The van der Waals surface area contributed by atoms with Gasteiger partial charge in [0.05, 0.1) is 119 Å². The maximum Gasteiger partial charge on any atom is 0.615 e. The minimum Gasteiger partial charge on any atom is -0.400 e. The van der Waals surface area contributed by atoms with E-state index in [0.29, 0.717) is 99.1 Å². The van der Waals surface area contributed by atoms with Gasteiger partial charge in [0.2, 0.25) is 0 Å². The third kappa shape index (κ3) is 24.0. The maximum absolute atomic E-state index is 5.59. The van der Waals surface area contributed by atoms with Crippen molar-refractivity contribution in [3.8, 4) is 0 Å². The van der Waals surface area contributed by atoms with Crippen molar-refractivity contribution in [3.05, 3.63) is 0 Å². The van der Waals surface area contributed by atoms with Crippen LogP contribution < -0.4 is 0 Å². The van der Waals surface area contributed by atoms with Gasteiger partial charge in [-0.25, -0.2) is 0 Å². The third-order valence-corrected chi connectivity index (χ3v) is 4.52. The zero-order valence-electron chi connectivity index (χ0n) is 23.6. The molecule has 0 spiro atoms. The molecule has 228 valence electrons. The first kappa shape index (κ1) is 36.6. The Hall–Kier alpha value is -0.405. The molecule has 0 atom stereocenters. The Morgan fingerprint density at radius 2 is 0.513 bits per heavy atom. The van der Waals surface area contributed by atoms with Crippen molar-refractivity contribution >= 4 is 22.0 Å². The summed E-state index contributed by atoms with van der Waals surface area (Å²) >= 11 is 0. The largest absolute Gasteiger partial charge is 0.615 e. The van der Waals surface area contributed by atoms with Gasteiger partial charge >= 0.3 is 22.0 Å². The van der Waals surface area contributed by atoms with E-state index < -0.39 is 22.0 Å². The Kier molecular flexibility index (Phi) is 27.3. The lowest BCUT2D eigenvalue weighted by atomic mass is 9.96. The molecule has 0 aliphatic carbocycles. The van der Waals surface area contributed by atoms with Gasteiger partial charge in [0, 0.05) is 21.3 Å². The Labute approximate surface area is 233 Å². The Morgan fingerprint density at radius 1 is 0.308 bits per heavy atom. The highest BCUT2D eigenvalue weighted by Gasteiger charge is 2.46. The smallest absolute Gasteiger partial charge is 0.400 e. The molecule has 0 aromatic rings. The molecule has 15 nitrogen and oxygen atoms in total. The molecule has 0 amide bonds. The van der Waals surface area contributed by atoms with Gasteiger partial charge in [0.1, 0.15) is 0 Å². The SMILES string of the molecule is COCCOCCOCCOB1OB(OCCOCCOCCOC)OB(OCCOCCOCCOC)O1. The average molecular weight is 570 g/mol. The average Bonchev–Trinajstić information content (AvgIpc) is 2.94. The van der Waals surface area contributed by atoms with E-state index in [1.54, 1.807) is 21.3 Å². The Bertz CT molecular complexity index is 431. The minimum absolute atomic E-state index is 0.209. The number of ether oxygens (including phenoxy) is 9. The molecule has 0 unspecified atom stereocenters. The first-order chi connectivity index (χ1) is 19.3. The summed E-state index contributed by atoms with van der Waals surface area (Å²) in [5, 5.41) is 0. The number of hydrogen-bond donors (Lipinski definition) is 0. The first-order valence-electron chi connectivity index (χ1n) is 13.0. The zero-order chi connectivity index (χ0) is 28.1. The second-order valence-corrected chi connectivity index (χ2v) is 7.54. The summed E-state index contributed by atoms with van der Waals surface area (Å²) in [7, 11) is 1.61. The molecule has 1 rings (SSSR count). The fourth-order valence-electron chi connectivity index (χ4n) is 2.61. The van der Waals surface area contributed by atoms with Crippen molar-refractivity contribution in [1.29, 1.82) is 0 Å². The molecule has 1 heterocycles. The monoisotopic (exact) mass is 570 g/mol. The highest BCUT2D eigenvalue weighted by molar-refractivity contribution is 6.66. The fraction of sp³-hybridized carbons (Fsp3) is 1.00. The fourth-order valence-corrected chi connectivity index (χ4v) is 2.61. The molecule has 0 radical (unpaired) electrons. The summed E-state index contributed by atoms with van der Waals surface area (Å²) in [5.74, 6) is 0. The highest BCUT2D eigenvalue weighted by Crippen LogP contribution is 2.11.